The number of hydrogen-bond acceptors (Lipinski definition) is 3. The topological polar surface area (TPSA) is 23.6 Å². The Kier molecular flexibility index (Phi) is 5.35. The monoisotopic (exact) mass is 436 g/mol. The molecule has 0 saturated carbocycles. The molecule has 0 bridgehead atoms. The minimum absolute atomic E-state index is 0.0807. The summed E-state index contributed by atoms with van der Waals surface area (Å²) in [6.45, 7) is 2.62. The van der Waals surface area contributed by atoms with Gasteiger partial charge in [0.25, 0.3) is 0 Å². The second-order valence-corrected chi connectivity index (χ2v) is 8.50. The third-order valence-electron chi connectivity index (χ3n) is 6.74. The summed E-state index contributed by atoms with van der Waals surface area (Å²) < 4.78 is 42.3. The molecule has 0 N–H and O–H groups in total. The summed E-state index contributed by atoms with van der Waals surface area (Å²) in [5.74, 6) is -1.32. The molecule has 1 aliphatic heterocycles. The van der Waals surface area contributed by atoms with Crippen LogP contribution in [0.15, 0.2) is 66.7 Å². The maximum Gasteiger partial charge on any atom is 0.188 e. The molecule has 5 rings (SSSR count). The van der Waals surface area contributed by atoms with Gasteiger partial charge in [-0.1, -0.05) is 42.5 Å². The van der Waals surface area contributed by atoms with Crippen molar-refractivity contribution < 1.29 is 18.0 Å². The Morgan fingerprint density at radius 2 is 1.56 bits per heavy atom. The van der Waals surface area contributed by atoms with Crippen LogP contribution in [0.25, 0.3) is 0 Å². The number of fused-ring (bicyclic) bond motifs is 1. The van der Waals surface area contributed by atoms with Crippen molar-refractivity contribution in [1.82, 2.24) is 9.80 Å². The Morgan fingerprint density at radius 1 is 0.812 bits per heavy atom. The van der Waals surface area contributed by atoms with Gasteiger partial charge in [0.1, 0.15) is 23.0 Å². The minimum atomic E-state index is -0.956. The Bertz CT molecular complexity index is 1160. The van der Waals surface area contributed by atoms with E-state index in [1.165, 1.54) is 12.1 Å². The third kappa shape index (κ3) is 3.44. The molecule has 32 heavy (non-hydrogen) atoms. The zero-order valence-electron chi connectivity index (χ0n) is 17.5. The van der Waals surface area contributed by atoms with Gasteiger partial charge in [0.05, 0.1) is 0 Å². The SMILES string of the molecule is O=C1c2cccc(F)c2CC1(c1ccccc1)N1CCN(Cc2cc(F)ccc2F)CC1. The molecule has 0 radical (unpaired) electrons. The fourth-order valence-corrected chi connectivity index (χ4v) is 5.09. The normalized spacial score (nSPS) is 21.7. The number of ketones is 1. The van der Waals surface area contributed by atoms with Crippen molar-refractivity contribution in [2.24, 2.45) is 0 Å². The number of rotatable bonds is 4. The third-order valence-corrected chi connectivity index (χ3v) is 6.74. The van der Waals surface area contributed by atoms with Crippen molar-refractivity contribution in [3.8, 4) is 0 Å². The number of nitrogens with zero attached hydrogens (tertiary/aromatic N) is 2. The Balaban J connectivity index is 1.42. The van der Waals surface area contributed by atoms with E-state index in [9.17, 15) is 18.0 Å². The summed E-state index contributed by atoms with van der Waals surface area (Å²) in [7, 11) is 0. The molecule has 1 heterocycles. The van der Waals surface area contributed by atoms with Gasteiger partial charge in [-0.05, 0) is 29.8 Å². The zero-order chi connectivity index (χ0) is 22.3. The maximum atomic E-state index is 14.6. The Morgan fingerprint density at radius 3 is 2.28 bits per heavy atom. The predicted octanol–water partition coefficient (Wildman–Crippen LogP) is 4.56. The van der Waals surface area contributed by atoms with Gasteiger partial charge in [-0.15, -0.1) is 0 Å². The second-order valence-electron chi connectivity index (χ2n) is 8.50. The van der Waals surface area contributed by atoms with Gasteiger partial charge in [-0.25, -0.2) is 13.2 Å². The van der Waals surface area contributed by atoms with E-state index < -0.39 is 17.2 Å². The van der Waals surface area contributed by atoms with E-state index in [1.807, 2.05) is 30.3 Å². The van der Waals surface area contributed by atoms with Crippen LogP contribution in [-0.2, 0) is 18.5 Å². The van der Waals surface area contributed by atoms with Crippen LogP contribution in [0.4, 0.5) is 13.2 Å². The van der Waals surface area contributed by atoms with Crippen LogP contribution in [0.2, 0.25) is 0 Å². The largest absolute Gasteiger partial charge is 0.296 e. The van der Waals surface area contributed by atoms with Crippen molar-refractivity contribution in [2.45, 2.75) is 18.5 Å². The molecule has 3 aromatic rings. The molecule has 0 aromatic heterocycles. The fourth-order valence-electron chi connectivity index (χ4n) is 5.09. The highest BCUT2D eigenvalue weighted by Gasteiger charge is 2.52. The number of carbonyl (C=O) groups excluding carboxylic acids is 1. The summed E-state index contributed by atoms with van der Waals surface area (Å²) >= 11 is 0. The van der Waals surface area contributed by atoms with Crippen molar-refractivity contribution in [2.75, 3.05) is 26.2 Å². The number of benzene rings is 3. The van der Waals surface area contributed by atoms with Crippen LogP contribution in [0.5, 0.6) is 0 Å². The van der Waals surface area contributed by atoms with E-state index in [0.29, 0.717) is 49.4 Å². The Hall–Kier alpha value is -2.96. The lowest BCUT2D eigenvalue weighted by Gasteiger charge is -2.45. The van der Waals surface area contributed by atoms with E-state index in [2.05, 4.69) is 9.80 Å². The highest BCUT2D eigenvalue weighted by Crippen LogP contribution is 2.43. The lowest BCUT2D eigenvalue weighted by atomic mass is 9.83. The molecule has 1 unspecified atom stereocenters. The molecule has 2 aliphatic rings. The van der Waals surface area contributed by atoms with Crippen molar-refractivity contribution in [3.05, 3.63) is 106 Å². The molecule has 6 heteroatoms. The van der Waals surface area contributed by atoms with E-state index in [-0.39, 0.29) is 18.0 Å². The quantitative estimate of drug-likeness (QED) is 0.599. The Labute approximate surface area is 185 Å². The number of piperazine rings is 1. The van der Waals surface area contributed by atoms with E-state index in [4.69, 9.17) is 0 Å². The predicted molar refractivity (Wildman–Crippen MR) is 116 cm³/mol. The molecular weight excluding hydrogens is 413 g/mol. The lowest BCUT2D eigenvalue weighted by Crippen LogP contribution is -2.58. The molecule has 3 aromatic carbocycles. The highest BCUT2D eigenvalue weighted by atomic mass is 19.1. The average molecular weight is 436 g/mol. The molecule has 0 amide bonds. The first kappa shape index (κ1) is 20.9. The molecule has 3 nitrogen and oxygen atoms in total. The van der Waals surface area contributed by atoms with Crippen LogP contribution in [0, 0.1) is 17.5 Å². The molecule has 1 saturated heterocycles. The first-order valence-electron chi connectivity index (χ1n) is 10.8. The van der Waals surface area contributed by atoms with Crippen LogP contribution in [-0.4, -0.2) is 41.8 Å². The van der Waals surface area contributed by atoms with Gasteiger partial charge in [0.15, 0.2) is 5.78 Å². The van der Waals surface area contributed by atoms with E-state index in [1.54, 1.807) is 12.1 Å². The minimum Gasteiger partial charge on any atom is -0.296 e. The lowest BCUT2D eigenvalue weighted by molar-refractivity contribution is 0.0285. The summed E-state index contributed by atoms with van der Waals surface area (Å²) in [6.07, 6.45) is 0.288. The smallest absolute Gasteiger partial charge is 0.188 e. The van der Waals surface area contributed by atoms with Gasteiger partial charge in [-0.3, -0.25) is 14.6 Å². The summed E-state index contributed by atoms with van der Waals surface area (Å²) in [5.41, 5.74) is 1.12. The standard InChI is InChI=1S/C26H23F3N2O/c27-20-9-10-23(28)18(15-20)17-30-11-13-31(14-12-30)26(19-5-2-1-3-6-19)16-22-21(25(26)32)7-4-8-24(22)29/h1-10,15H,11-14,16-17H2. The maximum absolute atomic E-state index is 14.6. The summed E-state index contributed by atoms with van der Waals surface area (Å²) in [6, 6.07) is 17.7. The molecule has 1 atom stereocenters. The number of hydrogen-bond donors (Lipinski definition) is 0. The van der Waals surface area contributed by atoms with Crippen molar-refractivity contribution in [3.63, 3.8) is 0 Å². The van der Waals surface area contributed by atoms with Gasteiger partial charge < -0.3 is 0 Å². The van der Waals surface area contributed by atoms with Crippen LogP contribution < -0.4 is 0 Å². The first-order valence-corrected chi connectivity index (χ1v) is 10.8. The van der Waals surface area contributed by atoms with E-state index >= 15 is 0 Å². The van der Waals surface area contributed by atoms with Gasteiger partial charge in [-0.2, -0.15) is 0 Å². The van der Waals surface area contributed by atoms with Gasteiger partial charge >= 0.3 is 0 Å². The summed E-state index contributed by atoms with van der Waals surface area (Å²) in [5, 5.41) is 0. The highest BCUT2D eigenvalue weighted by molar-refractivity contribution is 6.08. The van der Waals surface area contributed by atoms with E-state index in [0.717, 1.165) is 17.7 Å². The fraction of sp³-hybridized carbons (Fsp3) is 0.269. The number of Topliss-reactive ketones (excluding diaryl/α,β-unsaturated/α-hetero) is 1. The summed E-state index contributed by atoms with van der Waals surface area (Å²) in [4.78, 5) is 17.9. The number of carbonyl (C=O) groups is 1. The second kappa shape index (κ2) is 8.19. The van der Waals surface area contributed by atoms with Crippen LogP contribution in [0.3, 0.4) is 0 Å². The van der Waals surface area contributed by atoms with Crippen molar-refractivity contribution >= 4 is 5.78 Å². The average Bonchev–Trinajstić information content (AvgIpc) is 3.12. The van der Waals surface area contributed by atoms with Crippen LogP contribution in [0.1, 0.15) is 27.0 Å². The van der Waals surface area contributed by atoms with Crippen molar-refractivity contribution in [1.29, 1.82) is 0 Å². The molecule has 1 fully saturated rings. The van der Waals surface area contributed by atoms with Gasteiger partial charge in [0, 0.05) is 55.8 Å². The van der Waals surface area contributed by atoms with Crippen LogP contribution >= 0.6 is 0 Å². The molecule has 164 valence electrons. The molecular formula is C26H23F3N2O. The molecule has 1 aliphatic carbocycles. The molecule has 0 spiro atoms. The number of halogens is 3. The van der Waals surface area contributed by atoms with Gasteiger partial charge in [0.2, 0.25) is 0 Å². The first-order chi connectivity index (χ1) is 15.5. The zero-order valence-corrected chi connectivity index (χ0v) is 17.5.